The molecular formula is C18H12N2O8Zn. The van der Waals surface area contributed by atoms with E-state index in [1.807, 2.05) is 0 Å². The second-order valence-electron chi connectivity index (χ2n) is 5.00. The number of nitro groups is 2. The first-order valence-electron chi connectivity index (χ1n) is 7.46. The van der Waals surface area contributed by atoms with Crippen LogP contribution in [-0.4, -0.2) is 21.8 Å². The predicted octanol–water partition coefficient (Wildman–Crippen LogP) is 0.713. The Morgan fingerprint density at radius 2 is 0.931 bits per heavy atom. The number of nitrogens with zero attached hydrogens (tertiary/aromatic N) is 2. The van der Waals surface area contributed by atoms with Gasteiger partial charge in [0, 0.05) is 24.3 Å². The van der Waals surface area contributed by atoms with Gasteiger partial charge in [0.1, 0.15) is 0 Å². The number of carbonyl (C=O) groups excluding carboxylic acids is 2. The zero-order valence-corrected chi connectivity index (χ0v) is 17.8. The summed E-state index contributed by atoms with van der Waals surface area (Å²) in [5.41, 5.74) is 1.07. The Bertz CT molecular complexity index is 844. The Morgan fingerprint density at radius 3 is 1.14 bits per heavy atom. The molecule has 0 aliphatic carbocycles. The third-order valence-electron chi connectivity index (χ3n) is 3.03. The quantitative estimate of drug-likeness (QED) is 0.269. The Hall–Kier alpha value is -3.72. The van der Waals surface area contributed by atoms with E-state index in [0.717, 1.165) is 12.2 Å². The van der Waals surface area contributed by atoms with Crippen molar-refractivity contribution in [1.29, 1.82) is 0 Å². The van der Waals surface area contributed by atoms with Crippen LogP contribution in [0, 0.1) is 20.2 Å². The molecule has 11 heteroatoms. The van der Waals surface area contributed by atoms with Crippen LogP contribution in [0.2, 0.25) is 0 Å². The van der Waals surface area contributed by atoms with Crippen LogP contribution in [0.3, 0.4) is 0 Å². The molecule has 0 unspecified atom stereocenters. The molecular weight excluding hydrogens is 438 g/mol. The van der Waals surface area contributed by atoms with Gasteiger partial charge in [-0.3, -0.25) is 20.2 Å². The van der Waals surface area contributed by atoms with E-state index >= 15 is 0 Å². The molecule has 0 aliphatic rings. The second kappa shape index (κ2) is 12.6. The van der Waals surface area contributed by atoms with E-state index in [0.29, 0.717) is 11.1 Å². The van der Waals surface area contributed by atoms with Gasteiger partial charge < -0.3 is 19.8 Å². The molecule has 0 bridgehead atoms. The molecule has 0 saturated carbocycles. The first kappa shape index (κ1) is 25.3. The van der Waals surface area contributed by atoms with Gasteiger partial charge in [-0.15, -0.1) is 0 Å². The maximum atomic E-state index is 10.3. The summed E-state index contributed by atoms with van der Waals surface area (Å²) >= 11 is 0. The summed E-state index contributed by atoms with van der Waals surface area (Å²) in [6.45, 7) is 0. The minimum Gasteiger partial charge on any atom is -0.545 e. The molecule has 2 aromatic rings. The van der Waals surface area contributed by atoms with Crippen LogP contribution in [-0.2, 0) is 29.1 Å². The molecule has 0 radical (unpaired) electrons. The molecule has 0 saturated heterocycles. The maximum absolute atomic E-state index is 10.3. The first-order chi connectivity index (χ1) is 13.2. The minimum absolute atomic E-state index is 0. The average molecular weight is 450 g/mol. The summed E-state index contributed by atoms with van der Waals surface area (Å²) in [6, 6.07) is 11.0. The molecule has 0 heterocycles. The SMILES string of the molecule is O=C([O-])C=Cc1ccc([N+](=O)[O-])cc1.O=C([O-])C=Cc1ccc([N+](=O)[O-])cc1.[Zn+2]. The van der Waals surface area contributed by atoms with E-state index in [1.165, 1.54) is 60.7 Å². The van der Waals surface area contributed by atoms with Gasteiger partial charge in [0.2, 0.25) is 0 Å². The van der Waals surface area contributed by atoms with Gasteiger partial charge in [-0.05, 0) is 47.5 Å². The van der Waals surface area contributed by atoms with Gasteiger partial charge in [0.05, 0.1) is 21.8 Å². The third kappa shape index (κ3) is 10.3. The molecule has 144 valence electrons. The summed E-state index contributed by atoms with van der Waals surface area (Å²) in [6.07, 6.45) is 4.33. The zero-order chi connectivity index (χ0) is 21.1. The van der Waals surface area contributed by atoms with Crippen LogP contribution < -0.4 is 10.2 Å². The average Bonchev–Trinajstić information content (AvgIpc) is 2.65. The predicted molar refractivity (Wildman–Crippen MR) is 94.3 cm³/mol. The van der Waals surface area contributed by atoms with Gasteiger partial charge in [0.25, 0.3) is 11.4 Å². The van der Waals surface area contributed by atoms with Crippen LogP contribution in [0.1, 0.15) is 11.1 Å². The number of carbonyl (C=O) groups is 2. The van der Waals surface area contributed by atoms with Gasteiger partial charge in [-0.25, -0.2) is 0 Å². The van der Waals surface area contributed by atoms with Crippen molar-refractivity contribution >= 4 is 35.5 Å². The van der Waals surface area contributed by atoms with Crippen LogP contribution in [0.25, 0.3) is 12.2 Å². The molecule has 10 nitrogen and oxygen atoms in total. The molecule has 0 aromatic heterocycles. The Balaban J connectivity index is 0.000000523. The van der Waals surface area contributed by atoms with Crippen molar-refractivity contribution in [2.75, 3.05) is 0 Å². The Kier molecular flexibility index (Phi) is 11.0. The molecule has 0 N–H and O–H groups in total. The third-order valence-corrected chi connectivity index (χ3v) is 3.03. The van der Waals surface area contributed by atoms with Gasteiger partial charge in [-0.1, -0.05) is 12.2 Å². The summed E-state index contributed by atoms with van der Waals surface area (Å²) in [4.78, 5) is 39.6. The molecule has 29 heavy (non-hydrogen) atoms. The summed E-state index contributed by atoms with van der Waals surface area (Å²) < 4.78 is 0. The normalized spacial score (nSPS) is 9.93. The number of aliphatic carboxylic acids is 2. The Labute approximate surface area is 176 Å². The van der Waals surface area contributed by atoms with Crippen molar-refractivity contribution in [2.24, 2.45) is 0 Å². The first-order valence-corrected chi connectivity index (χ1v) is 7.46. The van der Waals surface area contributed by atoms with Crippen molar-refractivity contribution in [2.45, 2.75) is 0 Å². The van der Waals surface area contributed by atoms with Crippen LogP contribution in [0.15, 0.2) is 60.7 Å². The van der Waals surface area contributed by atoms with E-state index in [-0.39, 0.29) is 30.9 Å². The fourth-order valence-electron chi connectivity index (χ4n) is 1.74. The van der Waals surface area contributed by atoms with E-state index in [1.54, 1.807) is 0 Å². The number of rotatable bonds is 6. The van der Waals surface area contributed by atoms with E-state index < -0.39 is 21.8 Å². The van der Waals surface area contributed by atoms with Crippen molar-refractivity contribution in [3.05, 3.63) is 92.0 Å². The Morgan fingerprint density at radius 1 is 0.655 bits per heavy atom. The monoisotopic (exact) mass is 448 g/mol. The van der Waals surface area contributed by atoms with Crippen molar-refractivity contribution in [3.63, 3.8) is 0 Å². The van der Waals surface area contributed by atoms with Gasteiger partial charge in [-0.2, -0.15) is 0 Å². The van der Waals surface area contributed by atoms with Crippen LogP contribution in [0.4, 0.5) is 11.4 Å². The molecule has 0 spiro atoms. The minimum atomic E-state index is -1.30. The smallest absolute Gasteiger partial charge is 0.545 e. The molecule has 2 rings (SSSR count). The number of non-ortho nitro benzene ring substituents is 2. The fourth-order valence-corrected chi connectivity index (χ4v) is 1.74. The fraction of sp³-hybridized carbons (Fsp3) is 0. The van der Waals surface area contributed by atoms with E-state index in [4.69, 9.17) is 0 Å². The molecule has 0 atom stereocenters. The summed E-state index contributed by atoms with van der Waals surface area (Å²) in [5, 5.41) is 40.6. The molecule has 0 fully saturated rings. The number of carboxylic acids is 2. The summed E-state index contributed by atoms with van der Waals surface area (Å²) in [5.74, 6) is -2.60. The van der Waals surface area contributed by atoms with Crippen molar-refractivity contribution in [3.8, 4) is 0 Å². The van der Waals surface area contributed by atoms with E-state index in [9.17, 15) is 40.0 Å². The van der Waals surface area contributed by atoms with Gasteiger partial charge >= 0.3 is 19.5 Å². The van der Waals surface area contributed by atoms with Crippen molar-refractivity contribution < 1.29 is 49.1 Å². The number of hydrogen-bond acceptors (Lipinski definition) is 8. The molecule has 2 aromatic carbocycles. The topological polar surface area (TPSA) is 167 Å². The van der Waals surface area contributed by atoms with Crippen molar-refractivity contribution in [1.82, 2.24) is 0 Å². The number of benzene rings is 2. The van der Waals surface area contributed by atoms with E-state index in [2.05, 4.69) is 0 Å². The van der Waals surface area contributed by atoms with Gasteiger partial charge in [0.15, 0.2) is 0 Å². The van der Waals surface area contributed by atoms with Crippen LogP contribution in [0.5, 0.6) is 0 Å². The number of carboxylic acid groups (broad SMARTS) is 2. The number of nitro benzene ring substituents is 2. The zero-order valence-electron chi connectivity index (χ0n) is 14.8. The largest absolute Gasteiger partial charge is 2.00 e. The second-order valence-corrected chi connectivity index (χ2v) is 5.00. The summed E-state index contributed by atoms with van der Waals surface area (Å²) in [7, 11) is 0. The van der Waals surface area contributed by atoms with Crippen LogP contribution >= 0.6 is 0 Å². The maximum Gasteiger partial charge on any atom is 2.00 e. The molecule has 0 amide bonds. The number of hydrogen-bond donors (Lipinski definition) is 0. The molecule has 0 aliphatic heterocycles. The standard InChI is InChI=1S/2C9H7NO4.Zn/c2*11-9(12)6-3-7-1-4-8(5-2-7)10(13)14;/h2*1-6H,(H,11,12);/q;;+2/p-2.